The minimum Gasteiger partial charge on any atom is -0.353 e. The van der Waals surface area contributed by atoms with E-state index in [9.17, 15) is 0 Å². The smallest absolute Gasteiger partial charge is 0.0777 e. The summed E-state index contributed by atoms with van der Waals surface area (Å²) in [6.45, 7) is 0. The minimum atomic E-state index is 1.19. The number of pyridine rings is 1. The lowest BCUT2D eigenvalue weighted by Crippen LogP contribution is -1.91. The fourth-order valence-corrected chi connectivity index (χ4v) is 4.90. The highest BCUT2D eigenvalue weighted by Crippen LogP contribution is 2.38. The van der Waals surface area contributed by atoms with Crippen molar-refractivity contribution in [2.24, 2.45) is 0 Å². The van der Waals surface area contributed by atoms with Crippen LogP contribution in [-0.2, 0) is 0 Å². The van der Waals surface area contributed by atoms with Gasteiger partial charge in [0.1, 0.15) is 0 Å². The van der Waals surface area contributed by atoms with Crippen molar-refractivity contribution in [3.05, 3.63) is 91.0 Å². The number of benzene rings is 4. The highest BCUT2D eigenvalue weighted by Gasteiger charge is 2.15. The Balaban J connectivity index is 1.87. The molecule has 7 aromatic rings. The maximum atomic E-state index is 3.69. The highest BCUT2D eigenvalue weighted by atomic mass is 14.9. The molecule has 0 aliphatic heterocycles. The van der Waals surface area contributed by atoms with Gasteiger partial charge in [0, 0.05) is 32.4 Å². The van der Waals surface area contributed by atoms with E-state index >= 15 is 0 Å². The molecule has 130 valence electrons. The van der Waals surface area contributed by atoms with Gasteiger partial charge in [-0.1, -0.05) is 72.8 Å². The standard InChI is InChI=1S/C26H16N2/c1-2-10-20-17(7-1)19-9-4-6-12-23(19)28-24(20)15-16-13-14-21-18-8-3-5-11-22(18)27-25(21)26(16)28/h1-15,27H. The third kappa shape index (κ3) is 1.64. The largest absolute Gasteiger partial charge is 0.353 e. The van der Waals surface area contributed by atoms with Gasteiger partial charge in [-0.2, -0.15) is 0 Å². The SMILES string of the molecule is c1ccc2c(c1)[nH]c1c2ccc2cc3c4ccccc4c4ccccc4n3c21. The molecular formula is C26H16N2. The summed E-state index contributed by atoms with van der Waals surface area (Å²) < 4.78 is 2.44. The van der Waals surface area contributed by atoms with Crippen LogP contribution in [0, 0.1) is 0 Å². The van der Waals surface area contributed by atoms with Crippen LogP contribution >= 0.6 is 0 Å². The molecule has 0 aliphatic carbocycles. The van der Waals surface area contributed by atoms with Crippen LogP contribution in [0.5, 0.6) is 0 Å². The molecule has 1 N–H and O–H groups in total. The number of fused-ring (bicyclic) bond motifs is 12. The minimum absolute atomic E-state index is 1.19. The molecule has 0 saturated carbocycles. The Morgan fingerprint density at radius 2 is 1.21 bits per heavy atom. The Hall–Kier alpha value is -3.78. The average Bonchev–Trinajstić information content (AvgIpc) is 3.32. The second-order valence-electron chi connectivity index (χ2n) is 7.52. The summed E-state index contributed by atoms with van der Waals surface area (Å²) in [6, 6.07) is 32.8. The summed E-state index contributed by atoms with van der Waals surface area (Å²) >= 11 is 0. The topological polar surface area (TPSA) is 20.2 Å². The van der Waals surface area contributed by atoms with Gasteiger partial charge in [-0.15, -0.1) is 0 Å². The maximum Gasteiger partial charge on any atom is 0.0777 e. The third-order valence-corrected chi connectivity index (χ3v) is 6.08. The first-order chi connectivity index (χ1) is 13.9. The molecule has 2 heteroatoms. The van der Waals surface area contributed by atoms with Crippen LogP contribution in [0.2, 0.25) is 0 Å². The van der Waals surface area contributed by atoms with E-state index in [1.807, 2.05) is 0 Å². The van der Waals surface area contributed by atoms with Crippen molar-refractivity contribution in [3.63, 3.8) is 0 Å². The molecular weight excluding hydrogens is 340 g/mol. The van der Waals surface area contributed by atoms with E-state index in [4.69, 9.17) is 0 Å². The van der Waals surface area contributed by atoms with Crippen LogP contribution < -0.4 is 0 Å². The van der Waals surface area contributed by atoms with Gasteiger partial charge >= 0.3 is 0 Å². The highest BCUT2D eigenvalue weighted by molar-refractivity contribution is 6.21. The molecule has 3 heterocycles. The zero-order chi connectivity index (χ0) is 18.2. The van der Waals surface area contributed by atoms with Gasteiger partial charge < -0.3 is 9.38 Å². The second-order valence-corrected chi connectivity index (χ2v) is 7.52. The first-order valence-electron chi connectivity index (χ1n) is 9.64. The quantitative estimate of drug-likeness (QED) is 0.281. The van der Waals surface area contributed by atoms with E-state index in [0.717, 1.165) is 0 Å². The molecule has 0 amide bonds. The van der Waals surface area contributed by atoms with Gasteiger partial charge in [-0.3, -0.25) is 0 Å². The van der Waals surface area contributed by atoms with Gasteiger partial charge in [0.05, 0.1) is 22.1 Å². The van der Waals surface area contributed by atoms with Crippen molar-refractivity contribution < 1.29 is 0 Å². The first kappa shape index (κ1) is 14.3. The second kappa shape index (κ2) is 4.93. The molecule has 0 fully saturated rings. The van der Waals surface area contributed by atoms with Gasteiger partial charge in [-0.25, -0.2) is 0 Å². The molecule has 0 bridgehead atoms. The van der Waals surface area contributed by atoms with Crippen molar-refractivity contribution >= 4 is 59.9 Å². The molecule has 0 spiro atoms. The fraction of sp³-hybridized carbons (Fsp3) is 0. The van der Waals surface area contributed by atoms with Gasteiger partial charge in [0.2, 0.25) is 0 Å². The van der Waals surface area contributed by atoms with Crippen LogP contribution in [0.15, 0.2) is 91.0 Å². The zero-order valence-electron chi connectivity index (χ0n) is 15.1. The molecule has 4 aromatic carbocycles. The summed E-state index contributed by atoms with van der Waals surface area (Å²) in [6.07, 6.45) is 0. The third-order valence-electron chi connectivity index (χ3n) is 6.08. The average molecular weight is 356 g/mol. The van der Waals surface area contributed by atoms with Crippen LogP contribution in [0.1, 0.15) is 0 Å². The fourth-order valence-electron chi connectivity index (χ4n) is 4.90. The van der Waals surface area contributed by atoms with Gasteiger partial charge in [0.15, 0.2) is 0 Å². The van der Waals surface area contributed by atoms with Crippen molar-refractivity contribution in [3.8, 4) is 0 Å². The van der Waals surface area contributed by atoms with Crippen LogP contribution in [0.4, 0.5) is 0 Å². The molecule has 3 aromatic heterocycles. The van der Waals surface area contributed by atoms with E-state index in [1.165, 1.54) is 59.9 Å². The van der Waals surface area contributed by atoms with Crippen LogP contribution in [0.25, 0.3) is 59.9 Å². The Morgan fingerprint density at radius 1 is 0.536 bits per heavy atom. The number of para-hydroxylation sites is 2. The Labute approximate surface area is 160 Å². The Morgan fingerprint density at radius 3 is 2.07 bits per heavy atom. The first-order valence-corrected chi connectivity index (χ1v) is 9.64. The van der Waals surface area contributed by atoms with Crippen LogP contribution in [-0.4, -0.2) is 9.38 Å². The Bertz CT molecular complexity index is 1710. The molecule has 2 nitrogen and oxygen atoms in total. The van der Waals surface area contributed by atoms with E-state index < -0.39 is 0 Å². The van der Waals surface area contributed by atoms with Crippen molar-refractivity contribution in [2.45, 2.75) is 0 Å². The maximum absolute atomic E-state index is 3.69. The van der Waals surface area contributed by atoms with E-state index in [0.29, 0.717) is 0 Å². The van der Waals surface area contributed by atoms with E-state index in [2.05, 4.69) is 100 Å². The molecule has 28 heavy (non-hydrogen) atoms. The molecule has 0 unspecified atom stereocenters. The lowest BCUT2D eigenvalue weighted by molar-refractivity contribution is 1.35. The molecule has 0 saturated heterocycles. The number of nitrogens with zero attached hydrogens (tertiary/aromatic N) is 1. The summed E-state index contributed by atoms with van der Waals surface area (Å²) in [4.78, 5) is 3.69. The molecule has 0 atom stereocenters. The number of nitrogens with one attached hydrogen (secondary N) is 1. The number of rotatable bonds is 0. The lowest BCUT2D eigenvalue weighted by Gasteiger charge is -2.10. The molecule has 7 rings (SSSR count). The summed E-state index contributed by atoms with van der Waals surface area (Å²) in [5, 5.41) is 7.71. The predicted octanol–water partition coefficient (Wildman–Crippen LogP) is 7.03. The number of hydrogen-bond donors (Lipinski definition) is 1. The molecule has 0 aliphatic rings. The number of aromatic nitrogens is 2. The lowest BCUT2D eigenvalue weighted by atomic mass is 10.1. The molecule has 0 radical (unpaired) electrons. The number of aromatic amines is 1. The van der Waals surface area contributed by atoms with Crippen LogP contribution in [0.3, 0.4) is 0 Å². The van der Waals surface area contributed by atoms with E-state index in [1.54, 1.807) is 0 Å². The van der Waals surface area contributed by atoms with Gasteiger partial charge in [-0.05, 0) is 23.6 Å². The van der Waals surface area contributed by atoms with Gasteiger partial charge in [0.25, 0.3) is 0 Å². The summed E-state index contributed by atoms with van der Waals surface area (Å²) in [7, 11) is 0. The number of H-pyrrole nitrogens is 1. The monoisotopic (exact) mass is 356 g/mol. The number of hydrogen-bond acceptors (Lipinski definition) is 0. The van der Waals surface area contributed by atoms with Crippen molar-refractivity contribution in [2.75, 3.05) is 0 Å². The normalized spacial score (nSPS) is 12.3. The summed E-state index contributed by atoms with van der Waals surface area (Å²) in [5.74, 6) is 0. The van der Waals surface area contributed by atoms with Crippen molar-refractivity contribution in [1.29, 1.82) is 0 Å². The zero-order valence-corrected chi connectivity index (χ0v) is 15.1. The Kier molecular flexibility index (Phi) is 2.52. The van der Waals surface area contributed by atoms with E-state index in [-0.39, 0.29) is 0 Å². The summed E-state index contributed by atoms with van der Waals surface area (Å²) in [5.41, 5.74) is 6.16. The van der Waals surface area contributed by atoms with Crippen molar-refractivity contribution in [1.82, 2.24) is 9.38 Å². The predicted molar refractivity (Wildman–Crippen MR) is 119 cm³/mol.